The summed E-state index contributed by atoms with van der Waals surface area (Å²) >= 11 is 3.17. The van der Waals surface area contributed by atoms with E-state index in [4.69, 9.17) is 17.3 Å². The molecule has 0 radical (unpaired) electrons. The minimum Gasteiger partial charge on any atom is -0.480 e. The van der Waals surface area contributed by atoms with Crippen molar-refractivity contribution in [3.05, 3.63) is 54.1 Å². The van der Waals surface area contributed by atoms with Crippen molar-refractivity contribution in [3.8, 4) is 0 Å². The van der Waals surface area contributed by atoms with Crippen LogP contribution in [0.1, 0.15) is 44.1 Å². The normalized spacial score (nSPS) is 15.6. The van der Waals surface area contributed by atoms with E-state index in [1.165, 1.54) is 46.2 Å². The van der Waals surface area contributed by atoms with E-state index in [1.54, 1.807) is 12.1 Å². The summed E-state index contributed by atoms with van der Waals surface area (Å²) in [5.74, 6) is -12.0. The van der Waals surface area contributed by atoms with Crippen LogP contribution >= 0.6 is 24.0 Å². The number of thiocarbonyl (C=S) groups is 1. The zero-order valence-corrected chi connectivity index (χ0v) is 43.0. The van der Waals surface area contributed by atoms with Gasteiger partial charge in [0.2, 0.25) is 0 Å². The molecule has 3 amide bonds. The van der Waals surface area contributed by atoms with Gasteiger partial charge in [-0.3, -0.25) is 48.3 Å². The molecule has 0 unspecified atom stereocenters. The Kier molecular flexibility index (Phi) is 26.2. The zero-order valence-electron chi connectivity index (χ0n) is 39.5. The molecular weight excluding hydrogens is 1080 g/mol. The molecule has 1 aliphatic carbocycles. The number of hydrogen-bond acceptors (Lipinski definition) is 17. The molecule has 0 aromatic heterocycles. The molecule has 0 heterocycles. The van der Waals surface area contributed by atoms with Crippen LogP contribution in [-0.2, 0) is 54.4 Å². The van der Waals surface area contributed by atoms with Crippen LogP contribution in [0.15, 0.2) is 48.5 Å². The van der Waals surface area contributed by atoms with Crippen molar-refractivity contribution < 1.29 is 91.9 Å². The van der Waals surface area contributed by atoms with Crippen LogP contribution in [-0.4, -0.2) is 226 Å². The monoisotopic (exact) mass is 1140 g/mol. The number of hydrogen-bond donors (Lipinski definition) is 14. The number of thioether (sulfide) groups is 1. The third-order valence-electron chi connectivity index (χ3n) is 11.2. The minimum atomic E-state index is -3.10. The Morgan fingerprint density at radius 1 is 0.635 bits per heavy atom. The van der Waals surface area contributed by atoms with Crippen molar-refractivity contribution in [2.45, 2.75) is 75.2 Å². The van der Waals surface area contributed by atoms with E-state index in [1.807, 2.05) is 0 Å². The van der Waals surface area contributed by atoms with Crippen molar-refractivity contribution in [3.63, 3.8) is 0 Å². The molecule has 0 aliphatic heterocycles. The number of carbonyl (C=O) groups excluding carboxylic acids is 3. The number of carboxylic acid groups (broad SMARTS) is 7. The molecule has 5 atom stereocenters. The van der Waals surface area contributed by atoms with Crippen LogP contribution in [0.4, 0.5) is 11.4 Å². The molecule has 74 heavy (non-hydrogen) atoms. The van der Waals surface area contributed by atoms with Gasteiger partial charge in [0.05, 0.1) is 32.7 Å². The fourth-order valence-electron chi connectivity index (χ4n) is 8.05. The van der Waals surface area contributed by atoms with Crippen molar-refractivity contribution >= 4 is 120 Å². The molecule has 2 aromatic rings. The number of carboxylic acids is 7. The molecule has 30 heteroatoms. The second-order valence-electron chi connectivity index (χ2n) is 16.8. The smallest absolute Gasteiger partial charge is 0.480 e. The summed E-state index contributed by atoms with van der Waals surface area (Å²) in [5.41, 5.74) is 1.18. The quantitative estimate of drug-likeness (QED) is 0.0259. The van der Waals surface area contributed by atoms with E-state index in [2.05, 4.69) is 26.6 Å². The second kappa shape index (κ2) is 31.3. The Hall–Kier alpha value is -6.46. The summed E-state index contributed by atoms with van der Waals surface area (Å²) in [5, 5.41) is 80.1. The van der Waals surface area contributed by atoms with Gasteiger partial charge >= 0.3 is 172 Å². The molecule has 0 saturated heterocycles. The summed E-state index contributed by atoms with van der Waals surface area (Å²) in [6.45, 7) is -4.45. The zero-order chi connectivity index (χ0) is 55.1. The summed E-state index contributed by atoms with van der Waals surface area (Å²) in [6.07, 6.45) is 0.967. The van der Waals surface area contributed by atoms with Crippen LogP contribution in [0.3, 0.4) is 0 Å². The van der Waals surface area contributed by atoms with Gasteiger partial charge in [0.15, 0.2) is 5.11 Å². The first-order chi connectivity index (χ1) is 34.9. The topological polar surface area (TPSA) is 423 Å². The Labute approximate surface area is 437 Å². The van der Waals surface area contributed by atoms with Crippen LogP contribution in [0.25, 0.3) is 0 Å². The van der Waals surface area contributed by atoms with Gasteiger partial charge in [0, 0.05) is 36.8 Å². The average Bonchev–Trinajstić information content (AvgIpc) is 3.30. The minimum absolute atomic E-state index is 0.0417. The van der Waals surface area contributed by atoms with Crippen molar-refractivity contribution in [2.75, 3.05) is 68.0 Å². The Morgan fingerprint density at radius 3 is 1.66 bits per heavy atom. The number of anilines is 2. The molecule has 3 rings (SSSR count). The third-order valence-corrected chi connectivity index (χ3v) is 14.0. The van der Waals surface area contributed by atoms with E-state index < -0.39 is 151 Å². The molecule has 406 valence electrons. The van der Waals surface area contributed by atoms with Gasteiger partial charge < -0.3 is 46.4 Å². The van der Waals surface area contributed by atoms with Crippen molar-refractivity contribution in [1.29, 1.82) is 0 Å². The number of benzene rings is 2. The molecule has 1 aliphatic rings. The average molecular weight is 1140 g/mol. The molecule has 2 aromatic carbocycles. The predicted octanol–water partition coefficient (Wildman–Crippen LogP) is -2.50. The standard InChI is InChI=1S/C44H59AsN8O19S2/c54-34(49-31(42(68)46-16-36(56)57)23-74-24-35(55)47-27-11-7-26(8-12-27)45(71)72)14-13-30(43(69)70)50-44(73)48-28-9-5-25(6-10-28)15-29(51(18-37(58)59)19-38(60)61)17-52(20-39(62)63)32-3-1-2-4-33(32)53(21-40(64)65)22-41(66)67/h5-12,29-33,71-72H,1-4,13-24H2,(H,46,68)(H,47,55)(H,49,54)(H,56,57)(H,58,59)(H,60,61)(H,62,63)(H,64,65)(H,66,67)(H,69,70)(H2,48,50,73)/t29-,30+,31+,32+,33+/m1/s1. The summed E-state index contributed by atoms with van der Waals surface area (Å²) in [7, 11) is 0. The van der Waals surface area contributed by atoms with E-state index in [-0.39, 0.29) is 36.0 Å². The van der Waals surface area contributed by atoms with Gasteiger partial charge in [-0.15, -0.1) is 0 Å². The first-order valence-electron chi connectivity index (χ1n) is 22.5. The van der Waals surface area contributed by atoms with Gasteiger partial charge in [-0.1, -0.05) is 25.0 Å². The van der Waals surface area contributed by atoms with E-state index >= 15 is 0 Å². The third kappa shape index (κ3) is 23.2. The van der Waals surface area contributed by atoms with E-state index in [9.17, 15) is 86.8 Å². The maximum atomic E-state index is 13.0. The van der Waals surface area contributed by atoms with E-state index in [0.29, 0.717) is 47.0 Å². The molecule has 0 bridgehead atoms. The molecule has 1 saturated carbocycles. The fraction of sp³-hybridized carbons (Fsp3) is 0.477. The molecule has 1 fully saturated rings. The van der Waals surface area contributed by atoms with Crippen LogP contribution in [0.5, 0.6) is 0 Å². The number of nitrogens with zero attached hydrogens (tertiary/aromatic N) is 3. The summed E-state index contributed by atoms with van der Waals surface area (Å²) in [4.78, 5) is 126. The number of nitrogens with one attached hydrogen (secondary N) is 5. The first kappa shape index (κ1) is 61.8. The van der Waals surface area contributed by atoms with E-state index in [0.717, 1.165) is 16.7 Å². The molecule has 27 nitrogen and oxygen atoms in total. The van der Waals surface area contributed by atoms with Crippen molar-refractivity contribution in [2.24, 2.45) is 0 Å². The Balaban J connectivity index is 1.71. The van der Waals surface area contributed by atoms with Crippen LogP contribution in [0, 0.1) is 0 Å². The van der Waals surface area contributed by atoms with Gasteiger partial charge in [-0.25, -0.2) is 4.79 Å². The second-order valence-corrected chi connectivity index (χ2v) is 20.6. The SMILES string of the molecule is O=C(O)CNC(=O)[C@H](CSCC(=O)Nc1ccc([As](O)O)cc1)NC(=O)CC[C@H](NC(=S)Nc1ccc(C[C@H](CN(CC(=O)O)[C@H]2CCCC[C@@H]2N(CC(=O)O)CC(=O)O)N(CC(=O)O)CC(=O)O)cc1)C(=O)O. The van der Waals surface area contributed by atoms with Gasteiger partial charge in [0.1, 0.15) is 12.6 Å². The number of aliphatic carboxylic acids is 7. The fourth-order valence-corrected chi connectivity index (χ4v) is 10.0. The first-order valence-corrected chi connectivity index (χ1v) is 26.7. The summed E-state index contributed by atoms with van der Waals surface area (Å²) in [6, 6.07) is 6.79. The molecule has 0 spiro atoms. The maximum absolute atomic E-state index is 13.0. The summed E-state index contributed by atoms with van der Waals surface area (Å²) < 4.78 is 19.1. The van der Waals surface area contributed by atoms with Gasteiger partial charge in [-0.2, -0.15) is 0 Å². The van der Waals surface area contributed by atoms with Gasteiger partial charge in [-0.05, 0) is 55.6 Å². The van der Waals surface area contributed by atoms with Crippen LogP contribution < -0.4 is 30.9 Å². The Bertz CT molecular complexity index is 2280. The molecule has 14 N–H and O–H groups in total. The predicted molar refractivity (Wildman–Crippen MR) is 268 cm³/mol. The Morgan fingerprint density at radius 2 is 1.15 bits per heavy atom. The van der Waals surface area contributed by atoms with Crippen molar-refractivity contribution in [1.82, 2.24) is 30.7 Å². The number of amides is 3. The van der Waals surface area contributed by atoms with Crippen LogP contribution in [0.2, 0.25) is 0 Å². The van der Waals surface area contributed by atoms with Gasteiger partial charge in [0.25, 0.3) is 0 Å². The number of carbonyl (C=O) groups is 10. The molecular formula is C44H59AsN8O19S2. The number of rotatable bonds is 33.